The van der Waals surface area contributed by atoms with Crippen molar-refractivity contribution in [2.45, 2.75) is 6.17 Å². The van der Waals surface area contributed by atoms with Gasteiger partial charge in [0.05, 0.1) is 23.0 Å². The second-order valence-corrected chi connectivity index (χ2v) is 18.3. The Morgan fingerprint density at radius 3 is 1.59 bits per heavy atom. The van der Waals surface area contributed by atoms with Gasteiger partial charge in [-0.3, -0.25) is 0 Å². The van der Waals surface area contributed by atoms with E-state index >= 15 is 0 Å². The third-order valence-electron chi connectivity index (χ3n) is 14.6. The van der Waals surface area contributed by atoms with Crippen LogP contribution in [0.5, 0.6) is 0 Å². The Balaban J connectivity index is 0.945. The molecule has 0 radical (unpaired) electrons. The van der Waals surface area contributed by atoms with Crippen molar-refractivity contribution >= 4 is 60.2 Å². The van der Waals surface area contributed by atoms with Gasteiger partial charge in [0.1, 0.15) is 6.17 Å². The lowest BCUT2D eigenvalue weighted by atomic mass is 9.85. The molecule has 2 aliphatic rings. The van der Waals surface area contributed by atoms with Crippen LogP contribution in [0.2, 0.25) is 0 Å². The van der Waals surface area contributed by atoms with Crippen molar-refractivity contribution in [3.05, 3.63) is 248 Å². The second-order valence-electron chi connectivity index (χ2n) is 18.3. The van der Waals surface area contributed by atoms with Crippen LogP contribution in [0.3, 0.4) is 0 Å². The molecule has 3 nitrogen and oxygen atoms in total. The number of para-hydroxylation sites is 2. The number of fused-ring (bicyclic) bond motifs is 9. The number of hydrogen-bond acceptors (Lipinski definition) is 3. The maximum atomic E-state index is 9.51. The zero-order chi connectivity index (χ0) is 45.6. The summed E-state index contributed by atoms with van der Waals surface area (Å²) in [6.45, 7) is 0. The highest BCUT2D eigenvalue weighted by atomic mass is 15.3. The van der Waals surface area contributed by atoms with Gasteiger partial charge >= 0.3 is 0 Å². The maximum Gasteiger partial charge on any atom is 0.130 e. The topological polar surface area (TPSA) is 39.1 Å². The van der Waals surface area contributed by atoms with E-state index < -0.39 is 0 Å². The summed E-state index contributed by atoms with van der Waals surface area (Å²) >= 11 is 0. The summed E-state index contributed by atoms with van der Waals surface area (Å²) in [6, 6.07) is 88.5. The standard InChI is InChI=1S/C66H41N3/c67-40-41-23-25-42(26-24-41)47-29-32-50-56(35-47)54(43-13-4-1-5-14-43)37-61-57(50)36-55(44-15-6-2-7-16-44)60-38-59-53-34-33-49(51-19-12-20-52(65(51)53)58(59)39-62(60)61)45-27-30-48(31-28-45)69-64-22-11-10-21-63(64)68-66(69)46-17-8-3-9-18-46/h1-39,66,68H. The molecule has 0 spiro atoms. The zero-order valence-electron chi connectivity index (χ0n) is 37.5. The molecule has 0 aromatic heterocycles. The normalized spacial score (nSPS) is 13.4. The summed E-state index contributed by atoms with van der Waals surface area (Å²) in [4.78, 5) is 2.41. The average molecular weight is 876 g/mol. The van der Waals surface area contributed by atoms with Crippen LogP contribution in [-0.4, -0.2) is 0 Å². The van der Waals surface area contributed by atoms with Gasteiger partial charge in [-0.2, -0.15) is 5.26 Å². The Morgan fingerprint density at radius 2 is 0.884 bits per heavy atom. The van der Waals surface area contributed by atoms with Crippen LogP contribution in [-0.2, 0) is 0 Å². The number of nitrogens with zero attached hydrogens (tertiary/aromatic N) is 2. The first-order valence-electron chi connectivity index (χ1n) is 23.7. The fourth-order valence-electron chi connectivity index (χ4n) is 11.4. The number of rotatable bonds is 6. The van der Waals surface area contributed by atoms with Gasteiger partial charge < -0.3 is 10.2 Å². The van der Waals surface area contributed by atoms with Crippen molar-refractivity contribution in [1.29, 1.82) is 5.26 Å². The number of nitriles is 1. The summed E-state index contributed by atoms with van der Waals surface area (Å²) in [5, 5.41) is 23.2. The highest BCUT2D eigenvalue weighted by Gasteiger charge is 2.31. The monoisotopic (exact) mass is 875 g/mol. The first-order chi connectivity index (χ1) is 34.2. The van der Waals surface area contributed by atoms with E-state index in [1.165, 1.54) is 110 Å². The average Bonchev–Trinajstić information content (AvgIpc) is 3.97. The van der Waals surface area contributed by atoms with E-state index in [1.807, 2.05) is 12.1 Å². The van der Waals surface area contributed by atoms with Gasteiger partial charge in [0.15, 0.2) is 0 Å². The molecule has 1 N–H and O–H groups in total. The largest absolute Gasteiger partial charge is 0.359 e. The summed E-state index contributed by atoms with van der Waals surface area (Å²) in [6.07, 6.45) is -0.00338. The van der Waals surface area contributed by atoms with E-state index in [9.17, 15) is 5.26 Å². The van der Waals surface area contributed by atoms with E-state index in [0.29, 0.717) is 5.56 Å². The van der Waals surface area contributed by atoms with Crippen molar-refractivity contribution in [2.24, 2.45) is 0 Å². The second kappa shape index (κ2) is 15.4. The van der Waals surface area contributed by atoms with Crippen LogP contribution in [0.1, 0.15) is 17.3 Å². The molecular weight excluding hydrogens is 835 g/mol. The lowest BCUT2D eigenvalue weighted by Gasteiger charge is -2.27. The Morgan fingerprint density at radius 1 is 0.348 bits per heavy atom. The molecule has 12 aromatic rings. The minimum atomic E-state index is -0.00338. The van der Waals surface area contributed by atoms with Crippen LogP contribution in [0, 0.1) is 11.3 Å². The van der Waals surface area contributed by atoms with E-state index in [-0.39, 0.29) is 6.17 Å². The van der Waals surface area contributed by atoms with E-state index in [2.05, 4.69) is 241 Å². The predicted molar refractivity (Wildman–Crippen MR) is 289 cm³/mol. The smallest absolute Gasteiger partial charge is 0.130 e. The molecule has 0 fully saturated rings. The molecule has 0 saturated carbocycles. The minimum absolute atomic E-state index is 0.00338. The Bertz CT molecular complexity index is 4080. The molecule has 0 saturated heterocycles. The molecule has 320 valence electrons. The van der Waals surface area contributed by atoms with Gasteiger partial charge in [0, 0.05) is 5.69 Å². The fourth-order valence-corrected chi connectivity index (χ4v) is 11.4. The Hall–Kier alpha value is -9.23. The van der Waals surface area contributed by atoms with E-state index in [4.69, 9.17) is 0 Å². The van der Waals surface area contributed by atoms with Gasteiger partial charge in [-0.1, -0.05) is 170 Å². The first-order valence-corrected chi connectivity index (χ1v) is 23.7. The van der Waals surface area contributed by atoms with Crippen LogP contribution >= 0.6 is 0 Å². The molecule has 3 heteroatoms. The maximum absolute atomic E-state index is 9.51. The number of anilines is 3. The van der Waals surface area contributed by atoms with Crippen LogP contribution in [0.15, 0.2) is 237 Å². The lowest BCUT2D eigenvalue weighted by Crippen LogP contribution is -2.23. The first kappa shape index (κ1) is 39.0. The van der Waals surface area contributed by atoms with Crippen molar-refractivity contribution < 1.29 is 0 Å². The molecule has 1 aliphatic heterocycles. The molecule has 0 bridgehead atoms. The predicted octanol–water partition coefficient (Wildman–Crippen LogP) is 17.7. The van der Waals surface area contributed by atoms with Crippen molar-refractivity contribution in [3.8, 4) is 72.8 Å². The molecule has 0 amide bonds. The third-order valence-corrected chi connectivity index (χ3v) is 14.6. The molecule has 1 unspecified atom stereocenters. The van der Waals surface area contributed by atoms with Gasteiger partial charge in [-0.15, -0.1) is 0 Å². The number of benzene rings is 12. The third kappa shape index (κ3) is 6.13. The Labute approximate surface area is 400 Å². The summed E-state index contributed by atoms with van der Waals surface area (Å²) < 4.78 is 0. The molecule has 12 aromatic carbocycles. The van der Waals surface area contributed by atoms with Crippen molar-refractivity contribution in [3.63, 3.8) is 0 Å². The number of nitrogens with one attached hydrogen (secondary N) is 1. The SMILES string of the molecule is N#Cc1ccc(-c2ccc3c(c2)c(-c2ccccc2)cc2c4cc5c(cc4c(-c4ccccc4)cc32)-c2ccc(-c3ccc(N4c6ccccc6NC4c4ccccc4)cc3)c3cccc-5c23)cc1. The summed E-state index contributed by atoms with van der Waals surface area (Å²) in [5.41, 5.74) is 19.9. The van der Waals surface area contributed by atoms with Gasteiger partial charge in [-0.25, -0.2) is 0 Å². The van der Waals surface area contributed by atoms with Crippen LogP contribution in [0.4, 0.5) is 17.1 Å². The van der Waals surface area contributed by atoms with E-state index in [1.54, 1.807) is 0 Å². The molecule has 69 heavy (non-hydrogen) atoms. The molecule has 1 atom stereocenters. The molecule has 14 rings (SSSR count). The minimum Gasteiger partial charge on any atom is -0.359 e. The molecular formula is C66H41N3. The summed E-state index contributed by atoms with van der Waals surface area (Å²) in [7, 11) is 0. The lowest BCUT2D eigenvalue weighted by molar-refractivity contribution is 0.828. The van der Waals surface area contributed by atoms with Crippen LogP contribution in [0.25, 0.3) is 110 Å². The molecule has 1 heterocycles. The zero-order valence-corrected chi connectivity index (χ0v) is 37.5. The van der Waals surface area contributed by atoms with Gasteiger partial charge in [0.2, 0.25) is 0 Å². The molecule has 1 aliphatic carbocycles. The van der Waals surface area contributed by atoms with Crippen molar-refractivity contribution in [2.75, 3.05) is 10.2 Å². The number of hydrogen-bond donors (Lipinski definition) is 1. The summed E-state index contributed by atoms with van der Waals surface area (Å²) in [5.74, 6) is 0. The highest BCUT2D eigenvalue weighted by Crippen LogP contribution is 2.53. The van der Waals surface area contributed by atoms with Gasteiger partial charge in [-0.05, 0) is 182 Å². The van der Waals surface area contributed by atoms with E-state index in [0.717, 1.165) is 22.5 Å². The Kier molecular flexibility index (Phi) is 8.71. The quantitative estimate of drug-likeness (QED) is 0.169. The highest BCUT2D eigenvalue weighted by molar-refractivity contribution is 6.27. The van der Waals surface area contributed by atoms with Crippen molar-refractivity contribution in [1.82, 2.24) is 0 Å². The fraction of sp³-hybridized carbons (Fsp3) is 0.0152. The van der Waals surface area contributed by atoms with Gasteiger partial charge in [0.25, 0.3) is 0 Å². The van der Waals surface area contributed by atoms with Crippen LogP contribution < -0.4 is 10.2 Å².